The fourth-order valence-electron chi connectivity index (χ4n) is 2.99. The van der Waals surface area contributed by atoms with Crippen LogP contribution in [0, 0.1) is 5.41 Å². The highest BCUT2D eigenvalue weighted by molar-refractivity contribution is 5.88. The average Bonchev–Trinajstić information content (AvgIpc) is 2.46. The number of aliphatic carboxylic acids is 1. The van der Waals surface area contributed by atoms with Gasteiger partial charge in [0, 0.05) is 37.2 Å². The Hall–Kier alpha value is -1.66. The lowest BCUT2D eigenvalue weighted by atomic mass is 9.70. The van der Waals surface area contributed by atoms with E-state index in [4.69, 9.17) is 20.1 Å². The molecule has 3 N–H and O–H groups in total. The number of aliphatic hydroxyl groups is 2. The maximum atomic E-state index is 11.8. The molecule has 0 saturated heterocycles. The SMILES string of the molecule is C=C(CCO)C(=O)O.C=C(CCO)C(=O)OC1(C)CCCC(C)(C)C1. The van der Waals surface area contributed by atoms with Crippen molar-refractivity contribution in [1.29, 1.82) is 0 Å². The Bertz CT molecular complexity index is 494. The van der Waals surface area contributed by atoms with Crippen LogP contribution in [0.25, 0.3) is 0 Å². The van der Waals surface area contributed by atoms with Crippen LogP contribution in [0.5, 0.6) is 0 Å². The van der Waals surface area contributed by atoms with E-state index >= 15 is 0 Å². The molecule has 0 spiro atoms. The number of carbonyl (C=O) groups is 2. The van der Waals surface area contributed by atoms with Gasteiger partial charge in [0.25, 0.3) is 0 Å². The molecule has 0 amide bonds. The molecule has 1 atom stereocenters. The van der Waals surface area contributed by atoms with Crippen LogP contribution in [0.2, 0.25) is 0 Å². The molecule has 1 aliphatic rings. The Morgan fingerprint density at radius 2 is 1.52 bits per heavy atom. The van der Waals surface area contributed by atoms with E-state index in [2.05, 4.69) is 27.0 Å². The lowest BCUT2D eigenvalue weighted by Crippen LogP contribution is -2.40. The van der Waals surface area contributed by atoms with Crippen LogP contribution in [0.1, 0.15) is 59.3 Å². The molecule has 0 aromatic carbocycles. The van der Waals surface area contributed by atoms with Gasteiger partial charge < -0.3 is 20.1 Å². The zero-order valence-corrected chi connectivity index (χ0v) is 15.6. The van der Waals surface area contributed by atoms with Crippen molar-refractivity contribution in [2.45, 2.75) is 64.9 Å². The molecule has 25 heavy (non-hydrogen) atoms. The van der Waals surface area contributed by atoms with Gasteiger partial charge in [0.05, 0.1) is 0 Å². The number of hydrogen-bond acceptors (Lipinski definition) is 5. The van der Waals surface area contributed by atoms with Crippen molar-refractivity contribution in [2.24, 2.45) is 5.41 Å². The van der Waals surface area contributed by atoms with E-state index in [0.29, 0.717) is 5.57 Å². The first-order valence-electron chi connectivity index (χ1n) is 8.50. The van der Waals surface area contributed by atoms with Gasteiger partial charge >= 0.3 is 11.9 Å². The Morgan fingerprint density at radius 1 is 1.00 bits per heavy atom. The minimum absolute atomic E-state index is 0.0486. The Morgan fingerprint density at radius 3 is 1.92 bits per heavy atom. The Labute approximate surface area is 150 Å². The van der Waals surface area contributed by atoms with E-state index in [1.165, 1.54) is 6.42 Å². The highest BCUT2D eigenvalue weighted by Crippen LogP contribution is 2.42. The number of esters is 1. The summed E-state index contributed by atoms with van der Waals surface area (Å²) in [6, 6.07) is 0. The first-order valence-corrected chi connectivity index (χ1v) is 8.50. The summed E-state index contributed by atoms with van der Waals surface area (Å²) in [5.74, 6) is -1.40. The normalized spacial score (nSPS) is 21.5. The number of ether oxygens (including phenoxy) is 1. The third kappa shape index (κ3) is 9.41. The van der Waals surface area contributed by atoms with Gasteiger partial charge in [-0.25, -0.2) is 9.59 Å². The summed E-state index contributed by atoms with van der Waals surface area (Å²) in [6.07, 6.45) is 4.50. The fraction of sp³-hybridized carbons (Fsp3) is 0.684. The second kappa shape index (κ2) is 10.4. The van der Waals surface area contributed by atoms with Gasteiger partial charge in [0.1, 0.15) is 5.60 Å². The molecule has 1 aliphatic carbocycles. The van der Waals surface area contributed by atoms with Crippen LogP contribution < -0.4 is 0 Å². The first-order chi connectivity index (χ1) is 11.5. The number of hydrogen-bond donors (Lipinski definition) is 3. The number of aliphatic hydroxyl groups excluding tert-OH is 2. The number of carboxylic acids is 1. The highest BCUT2D eigenvalue weighted by Gasteiger charge is 2.39. The summed E-state index contributed by atoms with van der Waals surface area (Å²) in [6.45, 7) is 13.0. The molecule has 144 valence electrons. The Kier molecular flexibility index (Phi) is 9.67. The van der Waals surface area contributed by atoms with E-state index in [1.54, 1.807) is 0 Å². The van der Waals surface area contributed by atoms with Gasteiger partial charge in [-0.3, -0.25) is 0 Å². The van der Waals surface area contributed by atoms with Crippen molar-refractivity contribution in [3.8, 4) is 0 Å². The summed E-state index contributed by atoms with van der Waals surface area (Å²) in [7, 11) is 0. The lowest BCUT2D eigenvalue weighted by molar-refractivity contribution is -0.160. The molecule has 0 bridgehead atoms. The lowest BCUT2D eigenvalue weighted by Gasteiger charge is -2.42. The third-order valence-electron chi connectivity index (χ3n) is 4.17. The van der Waals surface area contributed by atoms with Crippen molar-refractivity contribution in [1.82, 2.24) is 0 Å². The second-order valence-electron chi connectivity index (χ2n) is 7.49. The van der Waals surface area contributed by atoms with Crippen molar-refractivity contribution < 1.29 is 29.6 Å². The predicted octanol–water partition coefficient (Wildman–Crippen LogP) is 2.84. The van der Waals surface area contributed by atoms with Crippen LogP contribution >= 0.6 is 0 Å². The summed E-state index contributed by atoms with van der Waals surface area (Å²) in [5, 5.41) is 25.0. The van der Waals surface area contributed by atoms with E-state index in [-0.39, 0.29) is 48.6 Å². The quantitative estimate of drug-likeness (QED) is 0.479. The largest absolute Gasteiger partial charge is 0.478 e. The summed E-state index contributed by atoms with van der Waals surface area (Å²) in [4.78, 5) is 21.7. The highest BCUT2D eigenvalue weighted by atomic mass is 16.6. The van der Waals surface area contributed by atoms with Gasteiger partial charge in [-0.2, -0.15) is 0 Å². The van der Waals surface area contributed by atoms with Crippen LogP contribution in [-0.2, 0) is 14.3 Å². The maximum Gasteiger partial charge on any atom is 0.334 e. The van der Waals surface area contributed by atoms with Crippen molar-refractivity contribution in [3.63, 3.8) is 0 Å². The molecule has 0 aliphatic heterocycles. The minimum atomic E-state index is -1.04. The molecule has 0 heterocycles. The molecule has 0 aromatic rings. The molecule has 0 aromatic heterocycles. The van der Waals surface area contributed by atoms with Crippen LogP contribution in [0.15, 0.2) is 24.3 Å². The number of carbonyl (C=O) groups excluding carboxylic acids is 1. The molecular weight excluding hydrogens is 324 g/mol. The van der Waals surface area contributed by atoms with Gasteiger partial charge in [-0.1, -0.05) is 27.0 Å². The van der Waals surface area contributed by atoms with Gasteiger partial charge in [0.2, 0.25) is 0 Å². The van der Waals surface area contributed by atoms with Crippen LogP contribution in [0.4, 0.5) is 0 Å². The summed E-state index contributed by atoms with van der Waals surface area (Å²) < 4.78 is 5.58. The monoisotopic (exact) mass is 356 g/mol. The first kappa shape index (κ1) is 23.3. The van der Waals surface area contributed by atoms with E-state index in [0.717, 1.165) is 19.3 Å². The minimum Gasteiger partial charge on any atom is -0.478 e. The van der Waals surface area contributed by atoms with Crippen molar-refractivity contribution in [2.75, 3.05) is 13.2 Å². The molecule has 1 fully saturated rings. The smallest absolute Gasteiger partial charge is 0.334 e. The van der Waals surface area contributed by atoms with E-state index in [9.17, 15) is 9.59 Å². The van der Waals surface area contributed by atoms with Gasteiger partial charge in [0.15, 0.2) is 0 Å². The Balaban J connectivity index is 0.000000609. The fourth-order valence-corrected chi connectivity index (χ4v) is 2.99. The number of carboxylic acid groups (broad SMARTS) is 1. The topological polar surface area (TPSA) is 104 Å². The van der Waals surface area contributed by atoms with Crippen molar-refractivity contribution >= 4 is 11.9 Å². The van der Waals surface area contributed by atoms with Crippen LogP contribution in [0.3, 0.4) is 0 Å². The van der Waals surface area contributed by atoms with E-state index < -0.39 is 5.97 Å². The molecule has 1 unspecified atom stereocenters. The summed E-state index contributed by atoms with van der Waals surface area (Å²) in [5.41, 5.74) is 0.257. The molecule has 1 saturated carbocycles. The van der Waals surface area contributed by atoms with E-state index in [1.807, 2.05) is 6.92 Å². The summed E-state index contributed by atoms with van der Waals surface area (Å²) >= 11 is 0. The zero-order chi connectivity index (χ0) is 19.7. The third-order valence-corrected chi connectivity index (χ3v) is 4.17. The van der Waals surface area contributed by atoms with Gasteiger partial charge in [-0.05, 0) is 38.0 Å². The molecular formula is C19H32O6. The molecule has 0 radical (unpaired) electrons. The standard InChI is InChI=1S/C14H24O3.C5H8O3/c1-11(6-9-15)12(16)17-14(4)8-5-7-13(2,3)10-14;1-4(2-3-6)5(7)8/h15H,1,5-10H2,2-4H3;6H,1-3H2,(H,7,8). The van der Waals surface area contributed by atoms with Crippen molar-refractivity contribution in [3.05, 3.63) is 24.3 Å². The molecule has 6 nitrogen and oxygen atoms in total. The average molecular weight is 356 g/mol. The molecule has 6 heteroatoms. The predicted molar refractivity (Wildman–Crippen MR) is 96.1 cm³/mol. The van der Waals surface area contributed by atoms with Crippen LogP contribution in [-0.4, -0.2) is 46.1 Å². The second-order valence-corrected chi connectivity index (χ2v) is 7.49. The maximum absolute atomic E-state index is 11.8. The zero-order valence-electron chi connectivity index (χ0n) is 15.6. The number of rotatable bonds is 7. The molecule has 1 rings (SSSR count). The van der Waals surface area contributed by atoms with Gasteiger partial charge in [-0.15, -0.1) is 0 Å².